The van der Waals surface area contributed by atoms with Crippen LogP contribution in [0.2, 0.25) is 5.02 Å². The van der Waals surface area contributed by atoms with Crippen molar-refractivity contribution in [1.82, 2.24) is 4.90 Å². The van der Waals surface area contributed by atoms with Gasteiger partial charge >= 0.3 is 0 Å². The van der Waals surface area contributed by atoms with Gasteiger partial charge in [-0.25, -0.2) is 0 Å². The van der Waals surface area contributed by atoms with E-state index in [-0.39, 0.29) is 11.9 Å². The van der Waals surface area contributed by atoms with Crippen LogP contribution in [0, 0.1) is 0 Å². The molecule has 1 aromatic rings. The lowest BCUT2D eigenvalue weighted by Gasteiger charge is -2.31. The van der Waals surface area contributed by atoms with Crippen LogP contribution in [-0.4, -0.2) is 37.1 Å². The summed E-state index contributed by atoms with van der Waals surface area (Å²) in [6.07, 6.45) is 1.75. The maximum atomic E-state index is 12.4. The zero-order valence-electron chi connectivity index (χ0n) is 10.2. The van der Waals surface area contributed by atoms with E-state index in [9.17, 15) is 4.79 Å². The summed E-state index contributed by atoms with van der Waals surface area (Å²) in [7, 11) is 1.82. The van der Waals surface area contributed by atoms with E-state index >= 15 is 0 Å². The number of hydrogen-bond acceptors (Lipinski definition) is 3. The zero-order chi connectivity index (χ0) is 13.1. The number of carbonyl (C=O) groups excluding carboxylic acids is 1. The lowest BCUT2D eigenvalue weighted by Crippen LogP contribution is -2.40. The molecule has 5 heteroatoms. The zero-order valence-corrected chi connectivity index (χ0v) is 11.9. The fourth-order valence-corrected chi connectivity index (χ4v) is 2.51. The second kappa shape index (κ2) is 5.95. The first-order chi connectivity index (χ1) is 8.59. The lowest BCUT2D eigenvalue weighted by atomic mass is 10.1. The highest BCUT2D eigenvalue weighted by Crippen LogP contribution is 2.23. The van der Waals surface area contributed by atoms with Gasteiger partial charge < -0.3 is 9.64 Å². The summed E-state index contributed by atoms with van der Waals surface area (Å²) < 4.78 is 5.30. The average Bonchev–Trinajstić information content (AvgIpc) is 2.41. The maximum absolute atomic E-state index is 12.4. The normalized spacial score (nSPS) is 16.6. The van der Waals surface area contributed by atoms with E-state index < -0.39 is 0 Å². The van der Waals surface area contributed by atoms with Crippen molar-refractivity contribution < 1.29 is 9.53 Å². The van der Waals surface area contributed by atoms with Gasteiger partial charge in [-0.2, -0.15) is 0 Å². The number of rotatable bonds is 2. The van der Waals surface area contributed by atoms with Gasteiger partial charge in [-0.05, 0) is 31.0 Å². The summed E-state index contributed by atoms with van der Waals surface area (Å²) in [5.74, 6) is -0.0530. The molecule has 0 saturated carbocycles. The summed E-state index contributed by atoms with van der Waals surface area (Å²) in [4.78, 5) is 14.9. The summed E-state index contributed by atoms with van der Waals surface area (Å²) in [5, 5.41) is 0.469. The largest absolute Gasteiger partial charge is 0.381 e. The van der Waals surface area contributed by atoms with E-state index in [0.717, 1.165) is 17.7 Å². The fraction of sp³-hybridized carbons (Fsp3) is 0.462. The third-order valence-electron chi connectivity index (χ3n) is 3.24. The first-order valence-corrected chi connectivity index (χ1v) is 6.75. The first kappa shape index (κ1) is 13.7. The molecule has 0 bridgehead atoms. The maximum Gasteiger partial charge on any atom is 0.255 e. The molecule has 1 aliphatic heterocycles. The SMILES string of the molecule is CN(C(=O)c1cc(S)ccc1Cl)C1CCOCC1. The van der Waals surface area contributed by atoms with Crippen LogP contribution >= 0.6 is 24.2 Å². The van der Waals surface area contributed by atoms with Gasteiger partial charge in [0.25, 0.3) is 5.91 Å². The molecule has 0 radical (unpaired) electrons. The van der Waals surface area contributed by atoms with E-state index in [1.54, 1.807) is 23.1 Å². The Morgan fingerprint density at radius 2 is 2.11 bits per heavy atom. The van der Waals surface area contributed by atoms with Crippen molar-refractivity contribution >= 4 is 30.1 Å². The van der Waals surface area contributed by atoms with Crippen molar-refractivity contribution in [1.29, 1.82) is 0 Å². The Kier molecular flexibility index (Phi) is 4.54. The lowest BCUT2D eigenvalue weighted by molar-refractivity contribution is 0.0362. The van der Waals surface area contributed by atoms with E-state index in [1.807, 2.05) is 7.05 Å². The molecule has 1 amide bonds. The molecular weight excluding hydrogens is 270 g/mol. The van der Waals surface area contributed by atoms with Gasteiger partial charge in [-0.3, -0.25) is 4.79 Å². The summed E-state index contributed by atoms with van der Waals surface area (Å²) in [5.41, 5.74) is 0.512. The molecule has 1 aromatic carbocycles. The second-order valence-electron chi connectivity index (χ2n) is 4.42. The number of ether oxygens (including phenoxy) is 1. The Labute approximate surface area is 117 Å². The molecule has 0 spiro atoms. The number of nitrogens with zero attached hydrogens (tertiary/aromatic N) is 1. The van der Waals surface area contributed by atoms with E-state index in [1.165, 1.54) is 0 Å². The predicted molar refractivity (Wildman–Crippen MR) is 74.6 cm³/mol. The Morgan fingerprint density at radius 3 is 2.78 bits per heavy atom. The minimum Gasteiger partial charge on any atom is -0.381 e. The first-order valence-electron chi connectivity index (χ1n) is 5.93. The van der Waals surface area contributed by atoms with Crippen LogP contribution < -0.4 is 0 Å². The molecule has 1 fully saturated rings. The van der Waals surface area contributed by atoms with Gasteiger partial charge in [0.15, 0.2) is 0 Å². The fourth-order valence-electron chi connectivity index (χ4n) is 2.11. The number of benzene rings is 1. The van der Waals surface area contributed by atoms with Crippen LogP contribution in [0.5, 0.6) is 0 Å². The number of halogens is 1. The highest BCUT2D eigenvalue weighted by molar-refractivity contribution is 7.80. The second-order valence-corrected chi connectivity index (χ2v) is 5.35. The highest BCUT2D eigenvalue weighted by atomic mass is 35.5. The molecule has 0 aromatic heterocycles. The molecule has 2 rings (SSSR count). The third-order valence-corrected chi connectivity index (χ3v) is 3.85. The third kappa shape index (κ3) is 2.99. The number of hydrogen-bond donors (Lipinski definition) is 1. The van der Waals surface area contributed by atoms with E-state index in [0.29, 0.717) is 23.8 Å². The summed E-state index contributed by atoms with van der Waals surface area (Å²) in [6, 6.07) is 5.42. The minimum absolute atomic E-state index is 0.0530. The van der Waals surface area contributed by atoms with Crippen LogP contribution in [0.1, 0.15) is 23.2 Å². The van der Waals surface area contributed by atoms with Crippen molar-refractivity contribution in [2.24, 2.45) is 0 Å². The van der Waals surface area contributed by atoms with Crippen LogP contribution in [0.4, 0.5) is 0 Å². The Hall–Kier alpha value is -0.710. The summed E-state index contributed by atoms with van der Waals surface area (Å²) in [6.45, 7) is 1.42. The number of carbonyl (C=O) groups is 1. The van der Waals surface area contributed by atoms with Crippen molar-refractivity contribution in [2.75, 3.05) is 20.3 Å². The van der Waals surface area contributed by atoms with Gasteiger partial charge in [-0.1, -0.05) is 11.6 Å². The van der Waals surface area contributed by atoms with Gasteiger partial charge in [-0.15, -0.1) is 12.6 Å². The predicted octanol–water partition coefficient (Wildman–Crippen LogP) is 2.88. The number of thiol groups is 1. The van der Waals surface area contributed by atoms with Crippen molar-refractivity contribution in [2.45, 2.75) is 23.8 Å². The summed E-state index contributed by atoms with van der Waals surface area (Å²) >= 11 is 10.3. The molecule has 98 valence electrons. The smallest absolute Gasteiger partial charge is 0.255 e. The number of amides is 1. The molecule has 1 heterocycles. The van der Waals surface area contributed by atoms with E-state index in [4.69, 9.17) is 16.3 Å². The quantitative estimate of drug-likeness (QED) is 0.847. The van der Waals surface area contributed by atoms with Gasteiger partial charge in [0.2, 0.25) is 0 Å². The monoisotopic (exact) mass is 285 g/mol. The van der Waals surface area contributed by atoms with E-state index in [2.05, 4.69) is 12.6 Å². The molecule has 0 N–H and O–H groups in total. The van der Waals surface area contributed by atoms with Crippen molar-refractivity contribution in [3.63, 3.8) is 0 Å². The molecule has 0 aliphatic carbocycles. The van der Waals surface area contributed by atoms with Gasteiger partial charge in [0.05, 0.1) is 10.6 Å². The highest BCUT2D eigenvalue weighted by Gasteiger charge is 2.24. The standard InChI is InChI=1S/C13H16ClNO2S/c1-15(9-4-6-17-7-5-9)13(16)11-8-10(18)2-3-12(11)14/h2-3,8-9,18H,4-7H2,1H3. The average molecular weight is 286 g/mol. The molecule has 3 nitrogen and oxygen atoms in total. The topological polar surface area (TPSA) is 29.5 Å². The minimum atomic E-state index is -0.0530. The van der Waals surface area contributed by atoms with Crippen LogP contribution in [0.25, 0.3) is 0 Å². The Balaban J connectivity index is 2.16. The van der Waals surface area contributed by atoms with Gasteiger partial charge in [0, 0.05) is 31.2 Å². The Bertz CT molecular complexity index is 447. The van der Waals surface area contributed by atoms with Crippen LogP contribution in [0.3, 0.4) is 0 Å². The van der Waals surface area contributed by atoms with Gasteiger partial charge in [0.1, 0.15) is 0 Å². The van der Waals surface area contributed by atoms with Crippen molar-refractivity contribution in [3.8, 4) is 0 Å². The molecule has 18 heavy (non-hydrogen) atoms. The molecule has 1 saturated heterocycles. The Morgan fingerprint density at radius 1 is 1.44 bits per heavy atom. The van der Waals surface area contributed by atoms with Crippen LogP contribution in [0.15, 0.2) is 23.1 Å². The molecule has 0 atom stereocenters. The molecular formula is C13H16ClNO2S. The van der Waals surface area contributed by atoms with Crippen molar-refractivity contribution in [3.05, 3.63) is 28.8 Å². The molecule has 0 unspecified atom stereocenters. The van der Waals surface area contributed by atoms with Crippen LogP contribution in [-0.2, 0) is 4.74 Å². The molecule has 1 aliphatic rings.